The van der Waals surface area contributed by atoms with E-state index in [9.17, 15) is 0 Å². The molecule has 0 saturated heterocycles. The summed E-state index contributed by atoms with van der Waals surface area (Å²) >= 11 is 3.41. The van der Waals surface area contributed by atoms with Gasteiger partial charge < -0.3 is 10.3 Å². The lowest BCUT2D eigenvalue weighted by atomic mass is 10.1. The van der Waals surface area contributed by atoms with Crippen molar-refractivity contribution in [3.63, 3.8) is 0 Å². The van der Waals surface area contributed by atoms with Gasteiger partial charge in [-0.25, -0.2) is 0 Å². The number of hydrogen-bond acceptors (Lipinski definition) is 4. The number of rotatable bonds is 4. The van der Waals surface area contributed by atoms with Gasteiger partial charge in [-0.3, -0.25) is 0 Å². The van der Waals surface area contributed by atoms with Gasteiger partial charge in [-0.05, 0) is 36.5 Å². The summed E-state index contributed by atoms with van der Waals surface area (Å²) in [6.07, 6.45) is 3.01. The van der Waals surface area contributed by atoms with E-state index in [1.807, 2.05) is 24.3 Å². The van der Waals surface area contributed by atoms with E-state index in [0.717, 1.165) is 10.0 Å². The van der Waals surface area contributed by atoms with Crippen molar-refractivity contribution < 1.29 is 4.52 Å². The van der Waals surface area contributed by atoms with Crippen molar-refractivity contribution in [2.75, 3.05) is 0 Å². The Labute approximate surface area is 114 Å². The molecule has 1 aromatic carbocycles. The number of hydrogen-bond donors (Lipinski definition) is 1. The van der Waals surface area contributed by atoms with Gasteiger partial charge in [-0.1, -0.05) is 33.2 Å². The second-order valence-electron chi connectivity index (χ2n) is 4.71. The first-order valence-corrected chi connectivity index (χ1v) is 6.84. The molecule has 1 fully saturated rings. The summed E-state index contributed by atoms with van der Waals surface area (Å²) in [4.78, 5) is 4.37. The normalized spacial score (nSPS) is 16.8. The molecule has 94 valence electrons. The minimum absolute atomic E-state index is 0.0626. The lowest BCUT2D eigenvalue weighted by molar-refractivity contribution is 0.373. The van der Waals surface area contributed by atoms with Crippen LogP contribution in [0.5, 0.6) is 0 Å². The molecule has 1 aromatic heterocycles. The first kappa shape index (κ1) is 11.9. The highest BCUT2D eigenvalue weighted by Gasteiger charge is 2.32. The molecule has 1 unspecified atom stereocenters. The van der Waals surface area contributed by atoms with E-state index in [2.05, 4.69) is 26.1 Å². The van der Waals surface area contributed by atoms with Crippen LogP contribution in [0.4, 0.5) is 0 Å². The molecule has 18 heavy (non-hydrogen) atoms. The molecule has 2 aromatic rings. The highest BCUT2D eigenvalue weighted by atomic mass is 79.9. The van der Waals surface area contributed by atoms with Crippen LogP contribution in [0.2, 0.25) is 0 Å². The third kappa shape index (κ3) is 2.62. The molecule has 2 N–H and O–H groups in total. The zero-order chi connectivity index (χ0) is 12.5. The van der Waals surface area contributed by atoms with Gasteiger partial charge in [-0.15, -0.1) is 0 Å². The maximum atomic E-state index is 6.04. The quantitative estimate of drug-likeness (QED) is 0.943. The predicted molar refractivity (Wildman–Crippen MR) is 70.9 cm³/mol. The fraction of sp³-hybridized carbons (Fsp3) is 0.385. The van der Waals surface area contributed by atoms with E-state index in [1.54, 1.807) is 0 Å². The van der Waals surface area contributed by atoms with Crippen molar-refractivity contribution in [2.45, 2.75) is 25.3 Å². The minimum atomic E-state index is -0.0626. The topological polar surface area (TPSA) is 64.9 Å². The molecule has 1 atom stereocenters. The summed E-state index contributed by atoms with van der Waals surface area (Å²) in [6, 6.07) is 8.02. The summed E-state index contributed by atoms with van der Waals surface area (Å²) in [5.41, 5.74) is 7.18. The van der Waals surface area contributed by atoms with E-state index in [1.165, 1.54) is 12.8 Å². The monoisotopic (exact) mass is 307 g/mol. The molecular formula is C13H14BrN3O. The highest BCUT2D eigenvalue weighted by Crippen LogP contribution is 2.38. The average molecular weight is 308 g/mol. The second-order valence-corrected chi connectivity index (χ2v) is 5.63. The van der Waals surface area contributed by atoms with Crippen LogP contribution in [0.25, 0.3) is 0 Å². The highest BCUT2D eigenvalue weighted by molar-refractivity contribution is 9.10. The third-order valence-corrected chi connectivity index (χ3v) is 3.71. The summed E-state index contributed by atoms with van der Waals surface area (Å²) in [5.74, 6) is 1.82. The van der Waals surface area contributed by atoms with E-state index in [-0.39, 0.29) is 6.04 Å². The van der Waals surface area contributed by atoms with Gasteiger partial charge in [-0.2, -0.15) is 4.98 Å². The van der Waals surface area contributed by atoms with Crippen molar-refractivity contribution in [2.24, 2.45) is 11.7 Å². The van der Waals surface area contributed by atoms with E-state index in [0.29, 0.717) is 24.1 Å². The van der Waals surface area contributed by atoms with Crippen molar-refractivity contribution in [1.29, 1.82) is 0 Å². The van der Waals surface area contributed by atoms with Crippen LogP contribution >= 0.6 is 15.9 Å². The molecule has 1 aliphatic carbocycles. The van der Waals surface area contributed by atoms with Crippen molar-refractivity contribution in [3.05, 3.63) is 46.0 Å². The molecule has 3 rings (SSSR count). The molecule has 4 nitrogen and oxygen atoms in total. The first-order chi connectivity index (χ1) is 8.72. The Bertz CT molecular complexity index is 533. The molecule has 1 saturated carbocycles. The number of halogens is 1. The molecule has 1 heterocycles. The van der Waals surface area contributed by atoms with Crippen LogP contribution in [0.1, 0.15) is 36.2 Å². The van der Waals surface area contributed by atoms with E-state index >= 15 is 0 Å². The smallest absolute Gasteiger partial charge is 0.231 e. The summed E-state index contributed by atoms with van der Waals surface area (Å²) < 4.78 is 6.31. The molecule has 5 heteroatoms. The van der Waals surface area contributed by atoms with Crippen LogP contribution < -0.4 is 5.73 Å². The van der Waals surface area contributed by atoms with Crippen molar-refractivity contribution in [3.8, 4) is 0 Å². The van der Waals surface area contributed by atoms with Gasteiger partial charge in [0.15, 0.2) is 5.82 Å². The number of aromatic nitrogens is 2. The van der Waals surface area contributed by atoms with Crippen LogP contribution in [0.3, 0.4) is 0 Å². The van der Waals surface area contributed by atoms with Gasteiger partial charge in [0.1, 0.15) is 0 Å². The number of nitrogens with two attached hydrogens (primary N) is 1. The molecule has 0 bridgehead atoms. The zero-order valence-corrected chi connectivity index (χ0v) is 11.4. The average Bonchev–Trinajstić information content (AvgIpc) is 3.12. The largest absolute Gasteiger partial charge is 0.339 e. The summed E-state index contributed by atoms with van der Waals surface area (Å²) in [7, 11) is 0. The standard InChI is InChI=1S/C13H14BrN3O/c14-10-5-1-8(2-6-10)7-11-16-13(17-18-11)12(15)9-3-4-9/h1-2,5-6,9,12H,3-4,7,15H2. The lowest BCUT2D eigenvalue weighted by Gasteiger charge is -2.01. The Morgan fingerprint density at radius 2 is 2.06 bits per heavy atom. The maximum absolute atomic E-state index is 6.04. The SMILES string of the molecule is NC(c1noc(Cc2ccc(Br)cc2)n1)C1CC1. The first-order valence-electron chi connectivity index (χ1n) is 6.05. The van der Waals surface area contributed by atoms with Crippen molar-refractivity contribution in [1.82, 2.24) is 10.1 Å². The van der Waals surface area contributed by atoms with Gasteiger partial charge in [0.25, 0.3) is 0 Å². The lowest BCUT2D eigenvalue weighted by Crippen LogP contribution is -2.14. The summed E-state index contributed by atoms with van der Waals surface area (Å²) in [5, 5.41) is 3.97. The van der Waals surface area contributed by atoms with Crippen LogP contribution in [-0.2, 0) is 6.42 Å². The van der Waals surface area contributed by atoms with E-state index < -0.39 is 0 Å². The second kappa shape index (κ2) is 4.82. The maximum Gasteiger partial charge on any atom is 0.231 e. The van der Waals surface area contributed by atoms with Crippen LogP contribution in [-0.4, -0.2) is 10.1 Å². The van der Waals surface area contributed by atoms with Crippen LogP contribution in [0.15, 0.2) is 33.3 Å². The molecule has 0 amide bonds. The zero-order valence-electron chi connectivity index (χ0n) is 9.84. The minimum Gasteiger partial charge on any atom is -0.339 e. The number of nitrogens with zero attached hydrogens (tertiary/aromatic N) is 2. The fourth-order valence-electron chi connectivity index (χ4n) is 1.92. The van der Waals surface area contributed by atoms with Crippen LogP contribution in [0, 0.1) is 5.92 Å². The fourth-order valence-corrected chi connectivity index (χ4v) is 2.18. The van der Waals surface area contributed by atoms with Crippen molar-refractivity contribution >= 4 is 15.9 Å². The molecule has 0 spiro atoms. The molecule has 0 radical (unpaired) electrons. The molecule has 1 aliphatic rings. The summed E-state index contributed by atoms with van der Waals surface area (Å²) in [6.45, 7) is 0. The molecular weight excluding hydrogens is 294 g/mol. The Hall–Kier alpha value is -1.20. The number of benzene rings is 1. The predicted octanol–water partition coefficient (Wildman–Crippen LogP) is 2.83. The Kier molecular flexibility index (Phi) is 3.18. The van der Waals surface area contributed by atoms with E-state index in [4.69, 9.17) is 10.3 Å². The van der Waals surface area contributed by atoms with Gasteiger partial charge >= 0.3 is 0 Å². The van der Waals surface area contributed by atoms with Gasteiger partial charge in [0.05, 0.1) is 12.5 Å². The Morgan fingerprint density at radius 1 is 1.33 bits per heavy atom. The van der Waals surface area contributed by atoms with Gasteiger partial charge in [0, 0.05) is 4.47 Å². The van der Waals surface area contributed by atoms with Gasteiger partial charge in [0.2, 0.25) is 5.89 Å². The Balaban J connectivity index is 1.71. The Morgan fingerprint density at radius 3 is 2.72 bits per heavy atom. The molecule has 0 aliphatic heterocycles. The third-order valence-electron chi connectivity index (χ3n) is 3.18.